The third kappa shape index (κ3) is 5.43. The number of aryl methyl sites for hydroxylation is 1. The predicted octanol–water partition coefficient (Wildman–Crippen LogP) is 5.20. The first kappa shape index (κ1) is 22.6. The Bertz CT molecular complexity index is 826. The summed E-state index contributed by atoms with van der Waals surface area (Å²) in [5.74, 6) is 0. The molecular weight excluding hydrogens is 404 g/mol. The molecule has 1 aliphatic heterocycles. The van der Waals surface area contributed by atoms with E-state index in [1.807, 2.05) is 38.1 Å². The molecule has 4 amide bonds. The summed E-state index contributed by atoms with van der Waals surface area (Å²) in [4.78, 5) is 31.7. The third-order valence-electron chi connectivity index (χ3n) is 6.97. The summed E-state index contributed by atoms with van der Waals surface area (Å²) in [6.45, 7) is 3.99. The van der Waals surface area contributed by atoms with E-state index in [9.17, 15) is 9.59 Å². The maximum absolute atomic E-state index is 13.3. The quantitative estimate of drug-likeness (QED) is 0.678. The molecule has 3 aliphatic rings. The maximum Gasteiger partial charge on any atom is 0.345 e. The van der Waals surface area contributed by atoms with Crippen molar-refractivity contribution in [3.63, 3.8) is 0 Å². The standard InChI is InChI=1S/C25H36N4O3/c1-17-13-15-19(16-14-17)22-18(2)29(24(31)27-21-11-7-4-8-12-21)25(32-22)28-23(30)26-20-9-5-3-6-10-20/h13-16,18,20-22H,3-12H2,1-2H3,(H,26,30)(H,27,31)/b28-25-. The average molecular weight is 441 g/mol. The maximum atomic E-state index is 13.3. The largest absolute Gasteiger partial charge is 0.454 e. The highest BCUT2D eigenvalue weighted by molar-refractivity contribution is 6.00. The van der Waals surface area contributed by atoms with Gasteiger partial charge in [0.15, 0.2) is 0 Å². The van der Waals surface area contributed by atoms with Gasteiger partial charge >= 0.3 is 18.1 Å². The molecule has 174 valence electrons. The Morgan fingerprint density at radius 3 is 2.06 bits per heavy atom. The zero-order valence-corrected chi connectivity index (χ0v) is 19.3. The summed E-state index contributed by atoms with van der Waals surface area (Å²) in [7, 11) is 0. The topological polar surface area (TPSA) is 83.0 Å². The molecule has 7 heteroatoms. The minimum Gasteiger partial charge on any atom is -0.454 e. The van der Waals surface area contributed by atoms with Gasteiger partial charge in [-0.15, -0.1) is 4.99 Å². The average Bonchev–Trinajstić information content (AvgIpc) is 3.11. The number of carbonyl (C=O) groups excluding carboxylic acids is 2. The van der Waals surface area contributed by atoms with Crippen LogP contribution in [-0.2, 0) is 4.74 Å². The molecule has 32 heavy (non-hydrogen) atoms. The zero-order chi connectivity index (χ0) is 22.5. The van der Waals surface area contributed by atoms with E-state index in [2.05, 4.69) is 15.6 Å². The van der Waals surface area contributed by atoms with Gasteiger partial charge in [-0.1, -0.05) is 68.4 Å². The van der Waals surface area contributed by atoms with Crippen molar-refractivity contribution in [3.05, 3.63) is 35.4 Å². The minimum absolute atomic E-state index is 0.0877. The van der Waals surface area contributed by atoms with E-state index < -0.39 is 6.03 Å². The number of carbonyl (C=O) groups is 2. The van der Waals surface area contributed by atoms with Crippen molar-refractivity contribution in [1.82, 2.24) is 15.5 Å². The fourth-order valence-electron chi connectivity index (χ4n) is 5.06. The normalized spacial score (nSPS) is 26.1. The van der Waals surface area contributed by atoms with Gasteiger partial charge in [0.2, 0.25) is 0 Å². The van der Waals surface area contributed by atoms with Crippen LogP contribution in [0.4, 0.5) is 9.59 Å². The highest BCUT2D eigenvalue weighted by Crippen LogP contribution is 2.33. The number of hydrogen-bond donors (Lipinski definition) is 2. The lowest BCUT2D eigenvalue weighted by Gasteiger charge is -2.27. The number of ether oxygens (including phenoxy) is 1. The zero-order valence-electron chi connectivity index (χ0n) is 19.3. The first-order valence-electron chi connectivity index (χ1n) is 12.2. The summed E-state index contributed by atoms with van der Waals surface area (Å²) in [5, 5.41) is 6.15. The van der Waals surface area contributed by atoms with Gasteiger partial charge in [0.25, 0.3) is 0 Å². The van der Waals surface area contributed by atoms with E-state index in [-0.39, 0.29) is 36.3 Å². The molecule has 4 rings (SSSR count). The molecule has 1 saturated heterocycles. The Labute approximate surface area is 191 Å². The first-order valence-corrected chi connectivity index (χ1v) is 12.2. The van der Waals surface area contributed by atoms with Crippen LogP contribution in [0.3, 0.4) is 0 Å². The number of nitrogens with one attached hydrogen (secondary N) is 2. The van der Waals surface area contributed by atoms with Gasteiger partial charge < -0.3 is 15.4 Å². The van der Waals surface area contributed by atoms with Crippen molar-refractivity contribution < 1.29 is 14.3 Å². The lowest BCUT2D eigenvalue weighted by Crippen LogP contribution is -2.49. The Morgan fingerprint density at radius 1 is 0.906 bits per heavy atom. The molecule has 1 heterocycles. The van der Waals surface area contributed by atoms with Crippen molar-refractivity contribution in [2.24, 2.45) is 4.99 Å². The van der Waals surface area contributed by atoms with Crippen LogP contribution in [-0.4, -0.2) is 41.1 Å². The number of amides is 4. The highest BCUT2D eigenvalue weighted by atomic mass is 16.5. The number of amidine groups is 1. The molecule has 2 unspecified atom stereocenters. The Hall–Kier alpha value is -2.57. The van der Waals surface area contributed by atoms with E-state index >= 15 is 0 Å². The number of urea groups is 2. The van der Waals surface area contributed by atoms with Gasteiger partial charge in [0, 0.05) is 12.1 Å². The second kappa shape index (κ2) is 10.4. The molecule has 0 spiro atoms. The van der Waals surface area contributed by atoms with E-state index in [0.29, 0.717) is 0 Å². The van der Waals surface area contributed by atoms with Crippen molar-refractivity contribution >= 4 is 18.1 Å². The first-order chi connectivity index (χ1) is 15.5. The second-order valence-corrected chi connectivity index (χ2v) is 9.52. The Morgan fingerprint density at radius 2 is 1.47 bits per heavy atom. The van der Waals surface area contributed by atoms with Crippen LogP contribution in [0.15, 0.2) is 29.3 Å². The van der Waals surface area contributed by atoms with Gasteiger partial charge in [-0.25, -0.2) is 14.5 Å². The van der Waals surface area contributed by atoms with E-state index in [4.69, 9.17) is 4.74 Å². The van der Waals surface area contributed by atoms with E-state index in [1.54, 1.807) is 0 Å². The number of nitrogens with zero attached hydrogens (tertiary/aromatic N) is 2. The van der Waals surface area contributed by atoms with Crippen LogP contribution in [0.2, 0.25) is 0 Å². The lowest BCUT2D eigenvalue weighted by molar-refractivity contribution is 0.188. The van der Waals surface area contributed by atoms with Crippen LogP contribution in [0, 0.1) is 6.92 Å². The molecule has 2 N–H and O–H groups in total. The summed E-state index contributed by atoms with van der Waals surface area (Å²) in [6.07, 6.45) is 10.5. The van der Waals surface area contributed by atoms with Gasteiger partial charge in [-0.05, 0) is 45.1 Å². The van der Waals surface area contributed by atoms with Gasteiger partial charge in [0.1, 0.15) is 6.10 Å². The second-order valence-electron chi connectivity index (χ2n) is 9.52. The highest BCUT2D eigenvalue weighted by Gasteiger charge is 2.43. The fraction of sp³-hybridized carbons (Fsp3) is 0.640. The molecule has 0 bridgehead atoms. The summed E-state index contributed by atoms with van der Waals surface area (Å²) in [5.41, 5.74) is 2.13. The van der Waals surface area contributed by atoms with Crippen molar-refractivity contribution in [1.29, 1.82) is 0 Å². The van der Waals surface area contributed by atoms with Gasteiger partial charge in [0.05, 0.1) is 6.04 Å². The molecule has 3 fully saturated rings. The SMILES string of the molecule is Cc1ccc(C2O/C(=N\C(=O)NC3CCCCC3)N(C(=O)NC3CCCCC3)C2C)cc1. The number of rotatable bonds is 3. The molecule has 2 saturated carbocycles. The molecule has 1 aromatic rings. The minimum atomic E-state index is -0.431. The predicted molar refractivity (Wildman–Crippen MR) is 125 cm³/mol. The van der Waals surface area contributed by atoms with Crippen LogP contribution in [0.1, 0.15) is 88.4 Å². The number of benzene rings is 1. The van der Waals surface area contributed by atoms with Crippen LogP contribution >= 0.6 is 0 Å². The summed E-state index contributed by atoms with van der Waals surface area (Å²) < 4.78 is 6.14. The van der Waals surface area contributed by atoms with Crippen molar-refractivity contribution in [2.75, 3.05) is 0 Å². The molecule has 2 atom stereocenters. The van der Waals surface area contributed by atoms with Crippen LogP contribution in [0.5, 0.6) is 0 Å². The number of hydrogen-bond acceptors (Lipinski definition) is 3. The summed E-state index contributed by atoms with van der Waals surface area (Å²) in [6, 6.07) is 7.55. The Balaban J connectivity index is 1.52. The van der Waals surface area contributed by atoms with Crippen molar-refractivity contribution in [3.8, 4) is 0 Å². The smallest absolute Gasteiger partial charge is 0.345 e. The molecular formula is C25H36N4O3. The molecule has 0 aromatic heterocycles. The van der Waals surface area contributed by atoms with E-state index in [0.717, 1.165) is 62.5 Å². The fourth-order valence-corrected chi connectivity index (χ4v) is 5.06. The molecule has 0 radical (unpaired) electrons. The van der Waals surface area contributed by atoms with Gasteiger partial charge in [-0.2, -0.15) is 0 Å². The van der Waals surface area contributed by atoms with Gasteiger partial charge in [-0.3, -0.25) is 0 Å². The number of aliphatic imine (C=N–C) groups is 1. The monoisotopic (exact) mass is 440 g/mol. The summed E-state index contributed by atoms with van der Waals surface area (Å²) >= 11 is 0. The molecule has 1 aromatic carbocycles. The van der Waals surface area contributed by atoms with Crippen LogP contribution in [0.25, 0.3) is 0 Å². The van der Waals surface area contributed by atoms with Crippen molar-refractivity contribution in [2.45, 2.75) is 102 Å². The lowest BCUT2D eigenvalue weighted by atomic mass is 9.95. The molecule has 2 aliphatic carbocycles. The van der Waals surface area contributed by atoms with Crippen LogP contribution < -0.4 is 10.6 Å². The third-order valence-corrected chi connectivity index (χ3v) is 6.97. The van der Waals surface area contributed by atoms with E-state index in [1.165, 1.54) is 17.7 Å². The Kier molecular flexibility index (Phi) is 7.33. The molecule has 7 nitrogen and oxygen atoms in total.